The summed E-state index contributed by atoms with van der Waals surface area (Å²) < 4.78 is 13.0. The molecule has 132 valence electrons. The highest BCUT2D eigenvalue weighted by Gasteiger charge is 2.18. The molecule has 0 aliphatic carbocycles. The molecule has 2 rings (SSSR count). The van der Waals surface area contributed by atoms with Crippen LogP contribution in [0.3, 0.4) is 0 Å². The first kappa shape index (κ1) is 18.8. The quantitative estimate of drug-likeness (QED) is 0.784. The fourth-order valence-corrected chi connectivity index (χ4v) is 2.43. The first-order valence-corrected chi connectivity index (χ1v) is 8.27. The van der Waals surface area contributed by atoms with Crippen LogP contribution >= 0.6 is 0 Å². The monoisotopic (exact) mass is 342 g/mol. The summed E-state index contributed by atoms with van der Waals surface area (Å²) in [6.45, 7) is 4.68. The minimum Gasteiger partial charge on any atom is -0.387 e. The Hall–Kier alpha value is -2.53. The maximum Gasteiger partial charge on any atom is 0.246 e. The number of aliphatic hydroxyl groups excluding tert-OH is 1. The lowest BCUT2D eigenvalue weighted by Crippen LogP contribution is -2.36. The van der Waals surface area contributed by atoms with Gasteiger partial charge in [0.05, 0.1) is 18.3 Å². The zero-order valence-corrected chi connectivity index (χ0v) is 14.5. The second-order valence-corrected chi connectivity index (χ2v) is 6.29. The Bertz CT molecular complexity index is 699. The van der Waals surface area contributed by atoms with Crippen LogP contribution in [0.25, 0.3) is 6.08 Å². The van der Waals surface area contributed by atoms with E-state index < -0.39 is 6.10 Å². The van der Waals surface area contributed by atoms with Gasteiger partial charge in [-0.2, -0.15) is 0 Å². The molecule has 1 aromatic carbocycles. The third kappa shape index (κ3) is 6.12. The van der Waals surface area contributed by atoms with Gasteiger partial charge in [0, 0.05) is 18.8 Å². The molecule has 0 bridgehead atoms. The van der Waals surface area contributed by atoms with Gasteiger partial charge in [-0.25, -0.2) is 4.39 Å². The number of aliphatic hydroxyl groups is 1. The highest BCUT2D eigenvalue weighted by Crippen LogP contribution is 2.16. The van der Waals surface area contributed by atoms with E-state index in [1.165, 1.54) is 30.3 Å². The van der Waals surface area contributed by atoms with E-state index in [0.29, 0.717) is 17.8 Å². The summed E-state index contributed by atoms with van der Waals surface area (Å²) in [5.74, 6) is -0.294. The van der Waals surface area contributed by atoms with Crippen LogP contribution in [0.5, 0.6) is 0 Å². The van der Waals surface area contributed by atoms with Gasteiger partial charge in [-0.05, 0) is 41.8 Å². The minimum atomic E-state index is -0.869. The van der Waals surface area contributed by atoms with Crippen molar-refractivity contribution in [1.29, 1.82) is 0 Å². The normalized spacial score (nSPS) is 12.5. The van der Waals surface area contributed by atoms with Gasteiger partial charge in [-0.15, -0.1) is 0 Å². The molecule has 0 aliphatic heterocycles. The van der Waals surface area contributed by atoms with Gasteiger partial charge in [-0.1, -0.05) is 32.0 Å². The number of amides is 1. The van der Waals surface area contributed by atoms with Gasteiger partial charge in [0.2, 0.25) is 5.91 Å². The maximum atomic E-state index is 13.0. The van der Waals surface area contributed by atoms with E-state index in [1.54, 1.807) is 17.2 Å². The summed E-state index contributed by atoms with van der Waals surface area (Å²) >= 11 is 0. The van der Waals surface area contributed by atoms with Crippen molar-refractivity contribution in [2.75, 3.05) is 13.1 Å². The molecule has 0 radical (unpaired) electrons. The van der Waals surface area contributed by atoms with Crippen molar-refractivity contribution in [1.82, 2.24) is 9.88 Å². The van der Waals surface area contributed by atoms with Crippen LogP contribution in [0, 0.1) is 11.7 Å². The molecule has 4 nitrogen and oxygen atoms in total. The predicted octanol–water partition coefficient (Wildman–Crippen LogP) is 3.45. The molecular weight excluding hydrogens is 319 g/mol. The third-order valence-corrected chi connectivity index (χ3v) is 3.63. The molecule has 1 unspecified atom stereocenters. The fraction of sp³-hybridized carbons (Fsp3) is 0.300. The summed E-state index contributed by atoms with van der Waals surface area (Å²) in [6.07, 6.45) is 3.91. The largest absolute Gasteiger partial charge is 0.387 e. The number of aromatic nitrogens is 1. The van der Waals surface area contributed by atoms with Gasteiger partial charge >= 0.3 is 0 Å². The molecule has 0 aliphatic rings. The van der Waals surface area contributed by atoms with E-state index in [4.69, 9.17) is 0 Å². The van der Waals surface area contributed by atoms with Crippen LogP contribution in [0.2, 0.25) is 0 Å². The Morgan fingerprint density at radius 3 is 2.52 bits per heavy atom. The average Bonchev–Trinajstić information content (AvgIpc) is 2.60. The van der Waals surface area contributed by atoms with Crippen LogP contribution in [0.15, 0.2) is 54.7 Å². The van der Waals surface area contributed by atoms with Gasteiger partial charge in [0.1, 0.15) is 5.82 Å². The molecule has 1 atom stereocenters. The SMILES string of the molecule is CC(C)CN(CC(O)c1ccc(F)cc1)C(=O)/C=C/c1ccccn1. The first-order chi connectivity index (χ1) is 12.0. The Balaban J connectivity index is 2.08. The van der Waals surface area contributed by atoms with E-state index in [1.807, 2.05) is 32.0 Å². The second-order valence-electron chi connectivity index (χ2n) is 6.29. The summed E-state index contributed by atoms with van der Waals surface area (Å²) in [7, 11) is 0. The molecule has 0 saturated heterocycles. The van der Waals surface area contributed by atoms with Crippen LogP contribution in [0.4, 0.5) is 4.39 Å². The molecule has 1 N–H and O–H groups in total. The molecule has 1 heterocycles. The number of nitrogens with zero attached hydrogens (tertiary/aromatic N) is 2. The average molecular weight is 342 g/mol. The Morgan fingerprint density at radius 1 is 1.20 bits per heavy atom. The zero-order chi connectivity index (χ0) is 18.2. The number of carbonyl (C=O) groups excluding carboxylic acids is 1. The first-order valence-electron chi connectivity index (χ1n) is 8.27. The second kappa shape index (κ2) is 9.08. The van der Waals surface area contributed by atoms with Crippen molar-refractivity contribution in [2.24, 2.45) is 5.92 Å². The Kier molecular flexibility index (Phi) is 6.83. The molecule has 0 saturated carbocycles. The van der Waals surface area contributed by atoms with Gasteiger partial charge in [-0.3, -0.25) is 9.78 Å². The number of hydrogen-bond donors (Lipinski definition) is 1. The Labute approximate surface area is 147 Å². The highest BCUT2D eigenvalue weighted by atomic mass is 19.1. The number of carbonyl (C=O) groups is 1. The Morgan fingerprint density at radius 2 is 1.92 bits per heavy atom. The van der Waals surface area contributed by atoms with E-state index in [2.05, 4.69) is 4.98 Å². The predicted molar refractivity (Wildman–Crippen MR) is 96.0 cm³/mol. The van der Waals surface area contributed by atoms with Crippen LogP contribution < -0.4 is 0 Å². The maximum absolute atomic E-state index is 13.0. The molecule has 1 aromatic heterocycles. The summed E-state index contributed by atoms with van der Waals surface area (Å²) in [5, 5.41) is 10.4. The smallest absolute Gasteiger partial charge is 0.246 e. The van der Waals surface area contributed by atoms with Crippen LogP contribution in [0.1, 0.15) is 31.2 Å². The van der Waals surface area contributed by atoms with Crippen molar-refractivity contribution < 1.29 is 14.3 Å². The van der Waals surface area contributed by atoms with Crippen molar-refractivity contribution in [2.45, 2.75) is 20.0 Å². The summed E-state index contributed by atoms with van der Waals surface area (Å²) in [5.41, 5.74) is 1.27. The molecule has 2 aromatic rings. The fourth-order valence-electron chi connectivity index (χ4n) is 2.43. The number of hydrogen-bond acceptors (Lipinski definition) is 3. The summed E-state index contributed by atoms with van der Waals surface area (Å²) in [6, 6.07) is 11.1. The van der Waals surface area contributed by atoms with Crippen molar-refractivity contribution in [3.63, 3.8) is 0 Å². The molecule has 0 spiro atoms. The molecule has 5 heteroatoms. The molecule has 0 fully saturated rings. The standard InChI is InChI=1S/C20H23FN2O2/c1-15(2)13-23(14-19(24)16-6-8-17(21)9-7-16)20(25)11-10-18-5-3-4-12-22-18/h3-12,15,19,24H,13-14H2,1-2H3/b11-10+. The van der Waals surface area contributed by atoms with Gasteiger partial charge in [0.15, 0.2) is 0 Å². The third-order valence-electron chi connectivity index (χ3n) is 3.63. The molecule has 1 amide bonds. The number of rotatable bonds is 7. The highest BCUT2D eigenvalue weighted by molar-refractivity contribution is 5.91. The number of benzene rings is 1. The lowest BCUT2D eigenvalue weighted by atomic mass is 10.1. The van der Waals surface area contributed by atoms with E-state index in [0.717, 1.165) is 0 Å². The minimum absolute atomic E-state index is 0.148. The van der Waals surface area contributed by atoms with Gasteiger partial charge < -0.3 is 10.0 Å². The van der Waals surface area contributed by atoms with Crippen molar-refractivity contribution in [3.05, 3.63) is 71.8 Å². The summed E-state index contributed by atoms with van der Waals surface area (Å²) in [4.78, 5) is 18.3. The number of pyridine rings is 1. The van der Waals surface area contributed by atoms with E-state index in [9.17, 15) is 14.3 Å². The topological polar surface area (TPSA) is 53.4 Å². The molecular formula is C20H23FN2O2. The zero-order valence-electron chi connectivity index (χ0n) is 14.5. The van der Waals surface area contributed by atoms with Crippen molar-refractivity contribution >= 4 is 12.0 Å². The molecule has 25 heavy (non-hydrogen) atoms. The lowest BCUT2D eigenvalue weighted by Gasteiger charge is -2.26. The van der Waals surface area contributed by atoms with Gasteiger partial charge in [0.25, 0.3) is 0 Å². The van der Waals surface area contributed by atoms with Crippen molar-refractivity contribution in [3.8, 4) is 0 Å². The number of halogens is 1. The van der Waals surface area contributed by atoms with Crippen LogP contribution in [-0.2, 0) is 4.79 Å². The van der Waals surface area contributed by atoms with Crippen LogP contribution in [-0.4, -0.2) is 34.0 Å². The lowest BCUT2D eigenvalue weighted by molar-refractivity contribution is -0.128. The van der Waals surface area contributed by atoms with E-state index >= 15 is 0 Å². The van der Waals surface area contributed by atoms with E-state index in [-0.39, 0.29) is 24.2 Å².